The number of rotatable bonds is 8. The molecule has 2 aromatic rings. The predicted molar refractivity (Wildman–Crippen MR) is 106 cm³/mol. The maximum atomic E-state index is 12.4. The quantitative estimate of drug-likeness (QED) is 0.607. The normalized spacial score (nSPS) is 14.4. The largest absolute Gasteiger partial charge is 0.486 e. The maximum Gasteiger partial charge on any atom is 0.240 e. The smallest absolute Gasteiger partial charge is 0.240 e. The molecule has 0 radical (unpaired) electrons. The van der Waals surface area contributed by atoms with Gasteiger partial charge < -0.3 is 24.3 Å². The molecule has 0 bridgehead atoms. The zero-order valence-electron chi connectivity index (χ0n) is 16.2. The number of amides is 1. The monoisotopic (exact) mass is 434 g/mol. The summed E-state index contributed by atoms with van der Waals surface area (Å²) in [6.07, 6.45) is 0.574. The van der Waals surface area contributed by atoms with E-state index in [1.165, 1.54) is 12.1 Å². The van der Waals surface area contributed by atoms with Gasteiger partial charge in [-0.25, -0.2) is 13.1 Å². The highest BCUT2D eigenvalue weighted by atomic mass is 32.2. The van der Waals surface area contributed by atoms with Gasteiger partial charge in [0.05, 0.1) is 4.90 Å². The van der Waals surface area contributed by atoms with Crippen molar-refractivity contribution in [2.75, 3.05) is 26.6 Å². The highest BCUT2D eigenvalue weighted by molar-refractivity contribution is 7.89. The number of hydrogen-bond donors (Lipinski definition) is 2. The number of carbonyl (C=O) groups is 1. The van der Waals surface area contributed by atoms with Crippen molar-refractivity contribution in [2.45, 2.75) is 24.3 Å². The van der Waals surface area contributed by atoms with E-state index in [2.05, 4.69) is 10.0 Å². The Kier molecular flexibility index (Phi) is 5.96. The lowest BCUT2D eigenvalue weighted by molar-refractivity contribution is -0.121. The summed E-state index contributed by atoms with van der Waals surface area (Å²) < 4.78 is 48.8. The van der Waals surface area contributed by atoms with Crippen LogP contribution in [0.4, 0.5) is 0 Å². The number of fused-ring (bicyclic) bond motifs is 2. The van der Waals surface area contributed by atoms with Crippen molar-refractivity contribution in [1.82, 2.24) is 10.0 Å². The maximum absolute atomic E-state index is 12.4. The number of ether oxygens (including phenoxy) is 4. The van der Waals surface area contributed by atoms with Gasteiger partial charge in [0.15, 0.2) is 23.0 Å². The standard InChI is InChI=1S/C20H22N2O7S/c23-20(21-12-14-3-5-17-18(10-14)29-13-28-17)2-1-7-22-30(24,25)15-4-6-16-19(11-15)27-9-8-26-16/h3-6,10-11,22H,1-2,7-9,12-13H2,(H,21,23). The van der Waals surface area contributed by atoms with Crippen LogP contribution >= 0.6 is 0 Å². The lowest BCUT2D eigenvalue weighted by Gasteiger charge is -2.18. The summed E-state index contributed by atoms with van der Waals surface area (Å²) in [5.41, 5.74) is 0.895. The summed E-state index contributed by atoms with van der Waals surface area (Å²) in [7, 11) is -3.70. The first kappa shape index (κ1) is 20.3. The molecule has 160 valence electrons. The molecule has 1 amide bonds. The minimum absolute atomic E-state index is 0.0963. The van der Waals surface area contributed by atoms with Gasteiger partial charge in [-0.3, -0.25) is 4.79 Å². The van der Waals surface area contributed by atoms with Crippen LogP contribution in [0.15, 0.2) is 41.3 Å². The van der Waals surface area contributed by atoms with Gasteiger partial charge in [-0.2, -0.15) is 0 Å². The van der Waals surface area contributed by atoms with Crippen LogP contribution in [0.25, 0.3) is 0 Å². The minimum Gasteiger partial charge on any atom is -0.486 e. The molecule has 9 nitrogen and oxygen atoms in total. The van der Waals surface area contributed by atoms with Gasteiger partial charge in [0.2, 0.25) is 22.7 Å². The number of benzene rings is 2. The van der Waals surface area contributed by atoms with Crippen molar-refractivity contribution in [3.05, 3.63) is 42.0 Å². The highest BCUT2D eigenvalue weighted by Gasteiger charge is 2.19. The fourth-order valence-corrected chi connectivity index (χ4v) is 4.16. The molecule has 0 spiro atoms. The summed E-state index contributed by atoms with van der Waals surface area (Å²) in [5.74, 6) is 2.13. The second-order valence-electron chi connectivity index (χ2n) is 6.77. The lowest BCUT2D eigenvalue weighted by Crippen LogP contribution is -2.27. The van der Waals surface area contributed by atoms with Crippen molar-refractivity contribution >= 4 is 15.9 Å². The van der Waals surface area contributed by atoms with Crippen LogP contribution in [0, 0.1) is 0 Å². The Morgan fingerprint density at radius 2 is 1.60 bits per heavy atom. The second kappa shape index (κ2) is 8.80. The summed E-state index contributed by atoms with van der Waals surface area (Å²) in [6, 6.07) is 9.96. The molecule has 2 aliphatic rings. The van der Waals surface area contributed by atoms with Crippen molar-refractivity contribution in [3.63, 3.8) is 0 Å². The molecule has 2 aliphatic heterocycles. The number of nitrogens with one attached hydrogen (secondary N) is 2. The number of carbonyl (C=O) groups excluding carboxylic acids is 1. The van der Waals surface area contributed by atoms with E-state index >= 15 is 0 Å². The Bertz CT molecular complexity index is 1040. The van der Waals surface area contributed by atoms with Crippen LogP contribution in [0.5, 0.6) is 23.0 Å². The van der Waals surface area contributed by atoms with E-state index in [4.69, 9.17) is 18.9 Å². The summed E-state index contributed by atoms with van der Waals surface area (Å²) in [5, 5.41) is 2.81. The van der Waals surface area contributed by atoms with Crippen molar-refractivity contribution in [2.24, 2.45) is 0 Å². The van der Waals surface area contributed by atoms with Gasteiger partial charge in [0.1, 0.15) is 13.2 Å². The Morgan fingerprint density at radius 3 is 2.47 bits per heavy atom. The first-order chi connectivity index (χ1) is 14.5. The van der Waals surface area contributed by atoms with Crippen molar-refractivity contribution in [1.29, 1.82) is 0 Å². The van der Waals surface area contributed by atoms with Crippen LogP contribution in [0.1, 0.15) is 18.4 Å². The fourth-order valence-electron chi connectivity index (χ4n) is 3.07. The van der Waals surface area contributed by atoms with E-state index in [-0.39, 0.29) is 30.6 Å². The molecule has 2 heterocycles. The van der Waals surface area contributed by atoms with Crippen molar-refractivity contribution in [3.8, 4) is 23.0 Å². The molecule has 10 heteroatoms. The predicted octanol–water partition coefficient (Wildman–Crippen LogP) is 1.56. The van der Waals surface area contributed by atoms with E-state index in [9.17, 15) is 13.2 Å². The van der Waals surface area contributed by atoms with E-state index in [1.54, 1.807) is 12.1 Å². The number of sulfonamides is 1. The zero-order valence-corrected chi connectivity index (χ0v) is 17.0. The van der Waals surface area contributed by atoms with E-state index in [0.717, 1.165) is 5.56 Å². The summed E-state index contributed by atoms with van der Waals surface area (Å²) >= 11 is 0. The van der Waals surface area contributed by atoms with Crippen LogP contribution < -0.4 is 29.0 Å². The molecule has 0 aromatic heterocycles. The van der Waals surface area contributed by atoms with Gasteiger partial charge in [0, 0.05) is 25.6 Å². The molecule has 0 saturated carbocycles. The lowest BCUT2D eigenvalue weighted by atomic mass is 10.2. The first-order valence-corrected chi connectivity index (χ1v) is 11.0. The Balaban J connectivity index is 1.21. The molecule has 0 fully saturated rings. The molecule has 2 aromatic carbocycles. The van der Waals surface area contributed by atoms with Gasteiger partial charge in [-0.1, -0.05) is 6.07 Å². The fraction of sp³-hybridized carbons (Fsp3) is 0.350. The van der Waals surface area contributed by atoms with Gasteiger partial charge in [0.25, 0.3) is 0 Å². The SMILES string of the molecule is O=C(CCCNS(=O)(=O)c1ccc2c(c1)OCCO2)NCc1ccc2c(c1)OCO2. The molecule has 4 rings (SSSR count). The topological polar surface area (TPSA) is 112 Å². The molecule has 0 aliphatic carbocycles. The third kappa shape index (κ3) is 4.77. The number of hydrogen-bond acceptors (Lipinski definition) is 7. The Morgan fingerprint density at radius 1 is 0.900 bits per heavy atom. The molecule has 30 heavy (non-hydrogen) atoms. The first-order valence-electron chi connectivity index (χ1n) is 9.56. The van der Waals surface area contributed by atoms with Crippen molar-refractivity contribution < 1.29 is 32.2 Å². The Hall–Kier alpha value is -2.98. The summed E-state index contributed by atoms with van der Waals surface area (Å²) in [6.45, 7) is 1.53. The molecule has 2 N–H and O–H groups in total. The Labute approximate surface area is 174 Å². The third-order valence-electron chi connectivity index (χ3n) is 4.62. The van der Waals surface area contributed by atoms with Crippen LogP contribution in [-0.2, 0) is 21.4 Å². The minimum atomic E-state index is -3.70. The average molecular weight is 434 g/mol. The molecule has 0 atom stereocenters. The van der Waals surface area contributed by atoms with Gasteiger partial charge in [-0.05, 0) is 36.2 Å². The summed E-state index contributed by atoms with van der Waals surface area (Å²) in [4.78, 5) is 12.1. The van der Waals surface area contributed by atoms with Crippen LogP contribution in [0.2, 0.25) is 0 Å². The third-order valence-corrected chi connectivity index (χ3v) is 6.08. The zero-order chi connectivity index (χ0) is 21.0. The second-order valence-corrected chi connectivity index (χ2v) is 8.54. The van der Waals surface area contributed by atoms with E-state index in [1.807, 2.05) is 12.1 Å². The van der Waals surface area contributed by atoms with Crippen LogP contribution in [-0.4, -0.2) is 40.9 Å². The van der Waals surface area contributed by atoms with Gasteiger partial charge >= 0.3 is 0 Å². The van der Waals surface area contributed by atoms with E-state index < -0.39 is 10.0 Å². The van der Waals surface area contributed by atoms with Gasteiger partial charge in [-0.15, -0.1) is 0 Å². The average Bonchev–Trinajstić information content (AvgIpc) is 3.23. The molecular formula is C20H22N2O7S. The molecule has 0 saturated heterocycles. The van der Waals surface area contributed by atoms with Crippen LogP contribution in [0.3, 0.4) is 0 Å². The van der Waals surface area contributed by atoms with E-state index in [0.29, 0.717) is 49.2 Å². The molecule has 0 unspecified atom stereocenters. The highest BCUT2D eigenvalue weighted by Crippen LogP contribution is 2.33. The molecular weight excluding hydrogens is 412 g/mol.